The summed E-state index contributed by atoms with van der Waals surface area (Å²) < 4.78 is 4.99. The highest BCUT2D eigenvalue weighted by atomic mass is 35.5. The first-order valence-electron chi connectivity index (χ1n) is 6.86. The SMILES string of the molecule is CCOC(=O)/C(=C/c1ccc(Cl)cc1)C(=O)c1ccccc1. The van der Waals surface area contributed by atoms with Crippen LogP contribution in [0.3, 0.4) is 0 Å². The molecule has 22 heavy (non-hydrogen) atoms. The first-order valence-corrected chi connectivity index (χ1v) is 7.23. The van der Waals surface area contributed by atoms with Gasteiger partial charge in [0.1, 0.15) is 5.57 Å². The molecule has 2 aromatic rings. The third-order valence-corrected chi connectivity index (χ3v) is 3.21. The van der Waals surface area contributed by atoms with Crippen molar-refractivity contribution in [1.82, 2.24) is 0 Å². The van der Waals surface area contributed by atoms with E-state index in [1.807, 2.05) is 6.07 Å². The normalized spacial score (nSPS) is 11.1. The minimum atomic E-state index is -0.633. The van der Waals surface area contributed by atoms with Crippen molar-refractivity contribution in [2.45, 2.75) is 6.92 Å². The van der Waals surface area contributed by atoms with Crippen LogP contribution in [0.15, 0.2) is 60.2 Å². The summed E-state index contributed by atoms with van der Waals surface area (Å²) in [6.45, 7) is 1.91. The van der Waals surface area contributed by atoms with Gasteiger partial charge in [0, 0.05) is 10.6 Å². The molecule has 0 saturated heterocycles. The van der Waals surface area contributed by atoms with Gasteiger partial charge in [0.25, 0.3) is 0 Å². The summed E-state index contributed by atoms with van der Waals surface area (Å²) in [4.78, 5) is 24.6. The summed E-state index contributed by atoms with van der Waals surface area (Å²) >= 11 is 5.84. The summed E-state index contributed by atoms with van der Waals surface area (Å²) in [5.74, 6) is -1.000. The molecule has 0 unspecified atom stereocenters. The smallest absolute Gasteiger partial charge is 0.342 e. The van der Waals surface area contributed by atoms with Gasteiger partial charge >= 0.3 is 5.97 Å². The van der Waals surface area contributed by atoms with Gasteiger partial charge in [-0.15, -0.1) is 0 Å². The Morgan fingerprint density at radius 2 is 1.68 bits per heavy atom. The molecule has 4 heteroatoms. The fourth-order valence-corrected chi connectivity index (χ4v) is 2.02. The number of carbonyl (C=O) groups excluding carboxylic acids is 2. The quantitative estimate of drug-likeness (QED) is 0.273. The number of rotatable bonds is 5. The van der Waals surface area contributed by atoms with Crippen LogP contribution in [-0.2, 0) is 9.53 Å². The van der Waals surface area contributed by atoms with Crippen molar-refractivity contribution in [3.63, 3.8) is 0 Å². The summed E-state index contributed by atoms with van der Waals surface area (Å²) in [7, 11) is 0. The van der Waals surface area contributed by atoms with Crippen LogP contribution < -0.4 is 0 Å². The standard InChI is InChI=1S/C18H15ClO3/c1-2-22-18(21)16(12-13-8-10-15(19)11-9-13)17(20)14-6-4-3-5-7-14/h3-12H,2H2,1H3/b16-12+. The minimum absolute atomic E-state index is 0.00428. The Morgan fingerprint density at radius 1 is 1.05 bits per heavy atom. The zero-order valence-corrected chi connectivity index (χ0v) is 12.8. The molecule has 0 aliphatic heterocycles. The number of ether oxygens (including phenoxy) is 1. The maximum Gasteiger partial charge on any atom is 0.342 e. The van der Waals surface area contributed by atoms with Gasteiger partial charge < -0.3 is 4.74 Å². The molecule has 3 nitrogen and oxygen atoms in total. The molecule has 112 valence electrons. The van der Waals surface area contributed by atoms with Crippen molar-refractivity contribution in [3.05, 3.63) is 76.3 Å². The van der Waals surface area contributed by atoms with Gasteiger partial charge in [-0.25, -0.2) is 4.79 Å². The first kappa shape index (κ1) is 16.0. The van der Waals surface area contributed by atoms with Gasteiger partial charge in [0.05, 0.1) is 6.61 Å². The predicted molar refractivity (Wildman–Crippen MR) is 86.8 cm³/mol. The molecule has 0 aliphatic carbocycles. The average Bonchev–Trinajstić information content (AvgIpc) is 2.54. The first-order chi connectivity index (χ1) is 10.6. The Bertz CT molecular complexity index is 688. The van der Waals surface area contributed by atoms with Crippen molar-refractivity contribution in [2.75, 3.05) is 6.61 Å². The lowest BCUT2D eigenvalue weighted by molar-refractivity contribution is -0.137. The lowest BCUT2D eigenvalue weighted by Gasteiger charge is -2.07. The molecule has 2 aromatic carbocycles. The van der Waals surface area contributed by atoms with E-state index in [0.717, 1.165) is 0 Å². The molecule has 0 N–H and O–H groups in total. The Hall–Kier alpha value is -2.39. The zero-order valence-electron chi connectivity index (χ0n) is 12.1. The van der Waals surface area contributed by atoms with Crippen molar-refractivity contribution >= 4 is 29.4 Å². The van der Waals surface area contributed by atoms with Crippen LogP contribution >= 0.6 is 11.6 Å². The van der Waals surface area contributed by atoms with Crippen molar-refractivity contribution in [2.24, 2.45) is 0 Å². The highest BCUT2D eigenvalue weighted by Crippen LogP contribution is 2.16. The van der Waals surface area contributed by atoms with E-state index in [2.05, 4.69) is 0 Å². The van der Waals surface area contributed by atoms with Gasteiger partial charge in [-0.3, -0.25) is 4.79 Å². The van der Waals surface area contributed by atoms with Gasteiger partial charge in [0.15, 0.2) is 5.78 Å². The maximum absolute atomic E-state index is 12.5. The number of hydrogen-bond donors (Lipinski definition) is 0. The molecule has 0 saturated carbocycles. The summed E-state index contributed by atoms with van der Waals surface area (Å²) in [6, 6.07) is 15.5. The van der Waals surface area contributed by atoms with E-state index in [9.17, 15) is 9.59 Å². The molecule has 0 bridgehead atoms. The number of benzene rings is 2. The Balaban J connectivity index is 2.40. The molecule has 0 heterocycles. The second-order valence-electron chi connectivity index (χ2n) is 4.53. The number of hydrogen-bond acceptors (Lipinski definition) is 3. The van der Waals surface area contributed by atoms with Crippen LogP contribution in [0.5, 0.6) is 0 Å². The van der Waals surface area contributed by atoms with E-state index < -0.39 is 5.97 Å². The van der Waals surface area contributed by atoms with Crippen LogP contribution in [-0.4, -0.2) is 18.4 Å². The molecular weight excluding hydrogens is 300 g/mol. The molecule has 0 atom stereocenters. The molecule has 2 rings (SSSR count). The molecular formula is C18H15ClO3. The molecule has 0 aliphatic rings. The van der Waals surface area contributed by atoms with Gasteiger partial charge in [-0.2, -0.15) is 0 Å². The number of halogens is 1. The van der Waals surface area contributed by atoms with Gasteiger partial charge in [-0.1, -0.05) is 54.1 Å². The van der Waals surface area contributed by atoms with Crippen molar-refractivity contribution < 1.29 is 14.3 Å². The van der Waals surface area contributed by atoms with Crippen LogP contribution in [0.4, 0.5) is 0 Å². The third kappa shape index (κ3) is 4.06. The second kappa shape index (κ2) is 7.57. The molecule has 0 fully saturated rings. The molecule has 0 amide bonds. The van der Waals surface area contributed by atoms with Crippen LogP contribution in [0.1, 0.15) is 22.8 Å². The van der Waals surface area contributed by atoms with E-state index >= 15 is 0 Å². The van der Waals surface area contributed by atoms with Crippen LogP contribution in [0.25, 0.3) is 6.08 Å². The van der Waals surface area contributed by atoms with Crippen LogP contribution in [0, 0.1) is 0 Å². The Kier molecular flexibility index (Phi) is 5.50. The Morgan fingerprint density at radius 3 is 2.27 bits per heavy atom. The summed E-state index contributed by atoms with van der Waals surface area (Å²) in [6.07, 6.45) is 1.52. The molecule has 0 radical (unpaired) electrons. The summed E-state index contributed by atoms with van der Waals surface area (Å²) in [5, 5.41) is 0.587. The van der Waals surface area contributed by atoms with Gasteiger partial charge in [-0.05, 0) is 30.7 Å². The second-order valence-corrected chi connectivity index (χ2v) is 4.96. The number of ketones is 1. The fourth-order valence-electron chi connectivity index (χ4n) is 1.90. The number of carbonyl (C=O) groups is 2. The van der Waals surface area contributed by atoms with E-state index in [0.29, 0.717) is 16.1 Å². The highest BCUT2D eigenvalue weighted by Gasteiger charge is 2.20. The van der Waals surface area contributed by atoms with E-state index in [4.69, 9.17) is 16.3 Å². The fraction of sp³-hybridized carbons (Fsp3) is 0.111. The van der Waals surface area contributed by atoms with Crippen molar-refractivity contribution in [3.8, 4) is 0 Å². The predicted octanol–water partition coefficient (Wildman–Crippen LogP) is 4.17. The van der Waals surface area contributed by atoms with E-state index in [-0.39, 0.29) is 18.0 Å². The largest absolute Gasteiger partial charge is 0.462 e. The molecule has 0 spiro atoms. The highest BCUT2D eigenvalue weighted by molar-refractivity contribution is 6.30. The monoisotopic (exact) mass is 314 g/mol. The minimum Gasteiger partial charge on any atom is -0.462 e. The number of esters is 1. The zero-order chi connectivity index (χ0) is 15.9. The molecule has 0 aromatic heterocycles. The average molecular weight is 315 g/mol. The van der Waals surface area contributed by atoms with E-state index in [1.54, 1.807) is 55.5 Å². The van der Waals surface area contributed by atoms with Crippen LogP contribution in [0.2, 0.25) is 5.02 Å². The van der Waals surface area contributed by atoms with Crippen molar-refractivity contribution in [1.29, 1.82) is 0 Å². The third-order valence-electron chi connectivity index (χ3n) is 2.96. The lowest BCUT2D eigenvalue weighted by Crippen LogP contribution is -2.16. The summed E-state index contributed by atoms with van der Waals surface area (Å²) in [5.41, 5.74) is 1.14. The maximum atomic E-state index is 12.5. The lowest BCUT2D eigenvalue weighted by atomic mass is 10.0. The topological polar surface area (TPSA) is 43.4 Å². The van der Waals surface area contributed by atoms with Gasteiger partial charge in [0.2, 0.25) is 0 Å². The van der Waals surface area contributed by atoms with E-state index in [1.165, 1.54) is 6.08 Å². The Labute approximate surface area is 134 Å². The number of Topliss-reactive ketones (excluding diaryl/α,β-unsaturated/α-hetero) is 1.